The standard InChI is InChI=1S/C20H35N5O2/c1-3-21-20(22-8-4-10-27-19-6-11-26-12-7-19)25-9-5-17(16-25)13-18-14-23-24(2)15-18/h14-15,17,19H,3-13,16H2,1-2H3,(H,21,22). The lowest BCUT2D eigenvalue weighted by Crippen LogP contribution is -2.40. The SMILES string of the molecule is CCNC(=NCCCOC1CCOCC1)N1CCC(Cc2cnn(C)c2)C1. The van der Waals surface area contributed by atoms with Crippen molar-refractivity contribution in [3.63, 3.8) is 0 Å². The highest BCUT2D eigenvalue weighted by Gasteiger charge is 2.25. The Labute approximate surface area is 163 Å². The maximum absolute atomic E-state index is 5.94. The molecule has 0 amide bonds. The molecular formula is C20H35N5O2. The Morgan fingerprint density at radius 3 is 2.96 bits per heavy atom. The second-order valence-electron chi connectivity index (χ2n) is 7.60. The number of rotatable bonds is 8. The molecule has 0 bridgehead atoms. The van der Waals surface area contributed by atoms with E-state index in [2.05, 4.69) is 28.4 Å². The number of aryl methyl sites for hydroxylation is 1. The Bertz CT molecular complexity index is 583. The third kappa shape index (κ3) is 6.50. The van der Waals surface area contributed by atoms with Gasteiger partial charge in [0.2, 0.25) is 0 Å². The van der Waals surface area contributed by atoms with Crippen LogP contribution in [0.4, 0.5) is 0 Å². The summed E-state index contributed by atoms with van der Waals surface area (Å²) < 4.78 is 13.2. The summed E-state index contributed by atoms with van der Waals surface area (Å²) in [4.78, 5) is 7.24. The van der Waals surface area contributed by atoms with E-state index < -0.39 is 0 Å². The minimum Gasteiger partial charge on any atom is -0.381 e. The highest BCUT2D eigenvalue weighted by Crippen LogP contribution is 2.20. The van der Waals surface area contributed by atoms with Crippen LogP contribution in [-0.4, -0.2) is 72.7 Å². The smallest absolute Gasteiger partial charge is 0.193 e. The van der Waals surface area contributed by atoms with Crippen LogP contribution >= 0.6 is 0 Å². The predicted molar refractivity (Wildman–Crippen MR) is 107 cm³/mol. The van der Waals surface area contributed by atoms with Gasteiger partial charge in [0.15, 0.2) is 5.96 Å². The van der Waals surface area contributed by atoms with Gasteiger partial charge in [-0.25, -0.2) is 0 Å². The summed E-state index contributed by atoms with van der Waals surface area (Å²) in [5.74, 6) is 1.73. The summed E-state index contributed by atoms with van der Waals surface area (Å²) in [5.41, 5.74) is 1.33. The number of ether oxygens (including phenoxy) is 2. The summed E-state index contributed by atoms with van der Waals surface area (Å²) in [5, 5.41) is 7.74. The molecule has 1 N–H and O–H groups in total. The Morgan fingerprint density at radius 2 is 2.22 bits per heavy atom. The van der Waals surface area contributed by atoms with Gasteiger partial charge in [0.05, 0.1) is 12.3 Å². The summed E-state index contributed by atoms with van der Waals surface area (Å²) in [6.45, 7) is 8.46. The van der Waals surface area contributed by atoms with Crippen LogP contribution in [0.25, 0.3) is 0 Å². The first-order chi connectivity index (χ1) is 13.2. The number of hydrogen-bond donors (Lipinski definition) is 1. The lowest BCUT2D eigenvalue weighted by Gasteiger charge is -2.23. The zero-order chi connectivity index (χ0) is 18.9. The fourth-order valence-electron chi connectivity index (χ4n) is 3.87. The quantitative estimate of drug-likeness (QED) is 0.425. The number of nitrogens with zero attached hydrogens (tertiary/aromatic N) is 4. The van der Waals surface area contributed by atoms with Gasteiger partial charge in [-0.15, -0.1) is 0 Å². The minimum absolute atomic E-state index is 0.378. The van der Waals surface area contributed by atoms with E-state index in [0.29, 0.717) is 12.0 Å². The molecule has 1 aromatic heterocycles. The summed E-state index contributed by atoms with van der Waals surface area (Å²) >= 11 is 0. The molecule has 0 spiro atoms. The van der Waals surface area contributed by atoms with Crippen molar-refractivity contribution in [3.8, 4) is 0 Å². The van der Waals surface area contributed by atoms with Gasteiger partial charge in [-0.05, 0) is 50.5 Å². The predicted octanol–water partition coefficient (Wildman–Crippen LogP) is 1.84. The van der Waals surface area contributed by atoms with Crippen LogP contribution < -0.4 is 5.32 Å². The van der Waals surface area contributed by atoms with Crippen LogP contribution in [0, 0.1) is 5.92 Å². The molecule has 27 heavy (non-hydrogen) atoms. The Hall–Kier alpha value is -1.60. The average Bonchev–Trinajstić information content (AvgIpc) is 3.31. The molecule has 1 aromatic rings. The van der Waals surface area contributed by atoms with Crippen LogP contribution in [0.1, 0.15) is 38.2 Å². The molecule has 2 aliphatic rings. The summed E-state index contributed by atoms with van der Waals surface area (Å²) in [6.07, 6.45) is 9.83. The van der Waals surface area contributed by atoms with Gasteiger partial charge in [0.1, 0.15) is 0 Å². The number of hydrogen-bond acceptors (Lipinski definition) is 4. The van der Waals surface area contributed by atoms with Crippen molar-refractivity contribution < 1.29 is 9.47 Å². The van der Waals surface area contributed by atoms with Crippen LogP contribution in [0.2, 0.25) is 0 Å². The van der Waals surface area contributed by atoms with Crippen molar-refractivity contribution in [1.82, 2.24) is 20.0 Å². The molecule has 0 aliphatic carbocycles. The molecule has 0 radical (unpaired) electrons. The molecule has 3 heterocycles. The zero-order valence-electron chi connectivity index (χ0n) is 16.9. The topological polar surface area (TPSA) is 63.9 Å². The maximum Gasteiger partial charge on any atom is 0.193 e. The average molecular weight is 378 g/mol. The van der Waals surface area contributed by atoms with Crippen molar-refractivity contribution in [2.45, 2.75) is 45.1 Å². The summed E-state index contributed by atoms with van der Waals surface area (Å²) in [7, 11) is 1.98. The highest BCUT2D eigenvalue weighted by molar-refractivity contribution is 5.80. The van der Waals surface area contributed by atoms with Crippen LogP contribution in [0.5, 0.6) is 0 Å². The number of guanidine groups is 1. The van der Waals surface area contributed by atoms with E-state index in [1.54, 1.807) is 0 Å². The maximum atomic E-state index is 5.94. The van der Waals surface area contributed by atoms with E-state index >= 15 is 0 Å². The van der Waals surface area contributed by atoms with Gasteiger partial charge in [-0.3, -0.25) is 9.67 Å². The fourth-order valence-corrected chi connectivity index (χ4v) is 3.87. The molecule has 2 aliphatic heterocycles. The third-order valence-corrected chi connectivity index (χ3v) is 5.29. The molecule has 7 heteroatoms. The van der Waals surface area contributed by atoms with E-state index in [-0.39, 0.29) is 0 Å². The number of nitrogens with one attached hydrogen (secondary N) is 1. The van der Waals surface area contributed by atoms with E-state index in [1.165, 1.54) is 12.0 Å². The van der Waals surface area contributed by atoms with E-state index in [0.717, 1.165) is 77.6 Å². The first-order valence-electron chi connectivity index (χ1n) is 10.4. The molecule has 1 atom stereocenters. The highest BCUT2D eigenvalue weighted by atomic mass is 16.5. The first kappa shape index (κ1) is 20.1. The lowest BCUT2D eigenvalue weighted by atomic mass is 10.0. The molecule has 152 valence electrons. The van der Waals surface area contributed by atoms with Crippen molar-refractivity contribution in [3.05, 3.63) is 18.0 Å². The normalized spacial score (nSPS) is 21.8. The Balaban J connectivity index is 1.40. The lowest BCUT2D eigenvalue weighted by molar-refractivity contribution is -0.0318. The molecular weight excluding hydrogens is 342 g/mol. The van der Waals surface area contributed by atoms with E-state index in [4.69, 9.17) is 14.5 Å². The van der Waals surface area contributed by atoms with Gasteiger partial charge in [0.25, 0.3) is 0 Å². The minimum atomic E-state index is 0.378. The van der Waals surface area contributed by atoms with Gasteiger partial charge in [-0.2, -0.15) is 5.10 Å². The monoisotopic (exact) mass is 377 g/mol. The number of aromatic nitrogens is 2. The molecule has 3 rings (SSSR count). The second-order valence-corrected chi connectivity index (χ2v) is 7.60. The molecule has 0 aromatic carbocycles. The Kier molecular flexibility index (Phi) is 7.95. The molecule has 1 unspecified atom stereocenters. The van der Waals surface area contributed by atoms with Crippen LogP contribution in [-0.2, 0) is 22.9 Å². The van der Waals surface area contributed by atoms with Gasteiger partial charge < -0.3 is 19.7 Å². The molecule has 2 fully saturated rings. The molecule has 7 nitrogen and oxygen atoms in total. The van der Waals surface area contributed by atoms with Crippen molar-refractivity contribution in [2.24, 2.45) is 18.0 Å². The largest absolute Gasteiger partial charge is 0.381 e. The summed E-state index contributed by atoms with van der Waals surface area (Å²) in [6, 6.07) is 0. The van der Waals surface area contributed by atoms with Crippen molar-refractivity contribution in [1.29, 1.82) is 0 Å². The number of aliphatic imine (C=N–C) groups is 1. The zero-order valence-corrected chi connectivity index (χ0v) is 16.9. The van der Waals surface area contributed by atoms with E-state index in [9.17, 15) is 0 Å². The van der Waals surface area contributed by atoms with Crippen LogP contribution in [0.15, 0.2) is 17.4 Å². The second kappa shape index (κ2) is 10.7. The van der Waals surface area contributed by atoms with Crippen LogP contribution in [0.3, 0.4) is 0 Å². The van der Waals surface area contributed by atoms with Gasteiger partial charge in [-0.1, -0.05) is 0 Å². The third-order valence-electron chi connectivity index (χ3n) is 5.29. The van der Waals surface area contributed by atoms with Crippen molar-refractivity contribution in [2.75, 3.05) is 46.0 Å². The number of likely N-dealkylation sites (tertiary alicyclic amines) is 1. The van der Waals surface area contributed by atoms with Gasteiger partial charge >= 0.3 is 0 Å². The fraction of sp³-hybridized carbons (Fsp3) is 0.800. The Morgan fingerprint density at radius 1 is 1.37 bits per heavy atom. The first-order valence-corrected chi connectivity index (χ1v) is 10.4. The van der Waals surface area contributed by atoms with Gasteiger partial charge in [0, 0.05) is 59.2 Å². The van der Waals surface area contributed by atoms with E-state index in [1.807, 2.05) is 17.9 Å². The molecule has 0 saturated carbocycles. The van der Waals surface area contributed by atoms with Crippen molar-refractivity contribution >= 4 is 5.96 Å². The molecule has 2 saturated heterocycles.